The zero-order chi connectivity index (χ0) is 21.4. The van der Waals surface area contributed by atoms with Crippen molar-refractivity contribution in [3.05, 3.63) is 29.8 Å². The molecule has 3 rings (SSSR count). The van der Waals surface area contributed by atoms with E-state index in [9.17, 15) is 9.59 Å². The largest absolute Gasteiger partial charge is 0.444 e. The summed E-state index contributed by atoms with van der Waals surface area (Å²) in [5.74, 6) is 0.127. The van der Waals surface area contributed by atoms with Gasteiger partial charge in [0, 0.05) is 25.2 Å². The topological polar surface area (TPSA) is 73.6 Å². The molecule has 2 atom stereocenters. The van der Waals surface area contributed by atoms with Gasteiger partial charge in [0.05, 0.1) is 17.5 Å². The number of anilines is 1. The maximum Gasteiger partial charge on any atom is 0.410 e. The molecule has 0 aromatic heterocycles. The van der Waals surface area contributed by atoms with E-state index in [2.05, 4.69) is 19.9 Å². The van der Waals surface area contributed by atoms with Crippen LogP contribution >= 0.6 is 0 Å². The summed E-state index contributed by atoms with van der Waals surface area (Å²) >= 11 is 0. The number of nitriles is 1. The monoisotopic (exact) mass is 397 g/mol. The van der Waals surface area contributed by atoms with Gasteiger partial charge in [-0.1, -0.05) is 32.0 Å². The molecule has 6 nitrogen and oxygen atoms in total. The molecule has 0 saturated carbocycles. The molecule has 0 N–H and O–H groups in total. The zero-order valence-electron chi connectivity index (χ0n) is 18.1. The van der Waals surface area contributed by atoms with Crippen LogP contribution in [0.25, 0.3) is 0 Å². The van der Waals surface area contributed by atoms with Gasteiger partial charge in [-0.25, -0.2) is 4.79 Å². The third-order valence-electron chi connectivity index (χ3n) is 5.82. The van der Waals surface area contributed by atoms with Crippen molar-refractivity contribution in [1.29, 1.82) is 5.26 Å². The lowest BCUT2D eigenvalue weighted by atomic mass is 9.71. The minimum Gasteiger partial charge on any atom is -0.444 e. The average Bonchev–Trinajstić information content (AvgIpc) is 3.14. The molecule has 0 aliphatic carbocycles. The van der Waals surface area contributed by atoms with Crippen molar-refractivity contribution < 1.29 is 14.3 Å². The fraction of sp³-hybridized carbons (Fsp3) is 0.609. The number of benzene rings is 1. The van der Waals surface area contributed by atoms with Crippen LogP contribution in [-0.4, -0.2) is 41.6 Å². The van der Waals surface area contributed by atoms with E-state index in [-0.39, 0.29) is 24.0 Å². The maximum absolute atomic E-state index is 13.8. The Morgan fingerprint density at radius 3 is 2.66 bits per heavy atom. The highest BCUT2D eigenvalue weighted by Gasteiger charge is 2.62. The minimum atomic E-state index is -0.756. The molecule has 2 amide bonds. The molecule has 0 radical (unpaired) electrons. The smallest absolute Gasteiger partial charge is 0.410 e. The van der Waals surface area contributed by atoms with Gasteiger partial charge in [0.25, 0.3) is 0 Å². The van der Waals surface area contributed by atoms with Crippen molar-refractivity contribution in [2.45, 2.75) is 70.9 Å². The first kappa shape index (κ1) is 21.2. The first-order valence-electron chi connectivity index (χ1n) is 10.4. The number of likely N-dealkylation sites (tertiary alicyclic amines) is 1. The third kappa shape index (κ3) is 3.59. The SMILES string of the molecule is CC(C)[C@@H]1N(C(=O)OC(C)(C)C)CC[C@@]12C(=O)N(CCCC#N)c1ccccc12. The van der Waals surface area contributed by atoms with Crippen LogP contribution in [0.2, 0.25) is 0 Å². The van der Waals surface area contributed by atoms with Gasteiger partial charge >= 0.3 is 6.09 Å². The van der Waals surface area contributed by atoms with Gasteiger partial charge in [-0.3, -0.25) is 4.79 Å². The Bertz CT molecular complexity index is 837. The lowest BCUT2D eigenvalue weighted by molar-refractivity contribution is -0.124. The van der Waals surface area contributed by atoms with Crippen molar-refractivity contribution in [3.8, 4) is 6.07 Å². The van der Waals surface area contributed by atoms with Crippen LogP contribution in [0, 0.1) is 17.2 Å². The predicted octanol–water partition coefficient (Wildman–Crippen LogP) is 4.24. The number of unbranched alkanes of at least 4 members (excludes halogenated alkanes) is 1. The summed E-state index contributed by atoms with van der Waals surface area (Å²) in [6, 6.07) is 9.77. The number of hydrogen-bond acceptors (Lipinski definition) is 4. The summed E-state index contributed by atoms with van der Waals surface area (Å²) in [5, 5.41) is 8.90. The second-order valence-corrected chi connectivity index (χ2v) is 9.32. The fourth-order valence-corrected chi connectivity index (χ4v) is 4.92. The molecule has 0 unspecified atom stereocenters. The second-order valence-electron chi connectivity index (χ2n) is 9.32. The van der Waals surface area contributed by atoms with Crippen LogP contribution in [0.3, 0.4) is 0 Å². The normalized spacial score (nSPS) is 23.6. The van der Waals surface area contributed by atoms with Crippen LogP contribution in [0.4, 0.5) is 10.5 Å². The van der Waals surface area contributed by atoms with Crippen LogP contribution in [-0.2, 0) is 14.9 Å². The van der Waals surface area contributed by atoms with Crippen molar-refractivity contribution in [2.24, 2.45) is 5.92 Å². The van der Waals surface area contributed by atoms with Crippen molar-refractivity contribution in [2.75, 3.05) is 18.0 Å². The summed E-state index contributed by atoms with van der Waals surface area (Å²) < 4.78 is 5.66. The molecule has 2 aliphatic heterocycles. The minimum absolute atomic E-state index is 0.0430. The summed E-state index contributed by atoms with van der Waals surface area (Å²) in [4.78, 5) is 30.4. The van der Waals surface area contributed by atoms with Gasteiger partial charge < -0.3 is 14.5 Å². The van der Waals surface area contributed by atoms with Gasteiger partial charge in [-0.15, -0.1) is 0 Å². The van der Waals surface area contributed by atoms with E-state index in [0.717, 1.165) is 11.3 Å². The second kappa shape index (κ2) is 7.70. The quantitative estimate of drug-likeness (QED) is 0.712. The number of rotatable bonds is 4. The van der Waals surface area contributed by atoms with Crippen LogP contribution in [0.1, 0.15) is 59.4 Å². The Morgan fingerprint density at radius 2 is 2.03 bits per heavy atom. The van der Waals surface area contributed by atoms with E-state index in [0.29, 0.717) is 32.4 Å². The lowest BCUT2D eigenvalue weighted by Gasteiger charge is -2.37. The van der Waals surface area contributed by atoms with Crippen molar-refractivity contribution in [3.63, 3.8) is 0 Å². The predicted molar refractivity (Wildman–Crippen MR) is 112 cm³/mol. The Labute approximate surface area is 173 Å². The van der Waals surface area contributed by atoms with Gasteiger partial charge in [0.2, 0.25) is 5.91 Å². The van der Waals surface area contributed by atoms with E-state index in [1.54, 1.807) is 4.90 Å². The zero-order valence-corrected chi connectivity index (χ0v) is 18.1. The first-order chi connectivity index (χ1) is 13.6. The number of para-hydroxylation sites is 1. The molecular formula is C23H31N3O3. The molecule has 0 bridgehead atoms. The Hall–Kier alpha value is -2.55. The number of ether oxygens (including phenoxy) is 1. The fourth-order valence-electron chi connectivity index (χ4n) is 4.92. The first-order valence-corrected chi connectivity index (χ1v) is 10.4. The van der Waals surface area contributed by atoms with Gasteiger partial charge in [0.15, 0.2) is 0 Å². The highest BCUT2D eigenvalue weighted by atomic mass is 16.6. The van der Waals surface area contributed by atoms with E-state index < -0.39 is 11.0 Å². The summed E-state index contributed by atoms with van der Waals surface area (Å²) in [5.41, 5.74) is 0.558. The maximum atomic E-state index is 13.8. The standard InChI is InChI=1S/C23H31N3O3/c1-16(2)19-23(12-15-26(19)21(28)29-22(3,4)5)17-10-6-7-11-18(17)25(20(23)27)14-9-8-13-24/h6-7,10-11,16,19H,8-9,12,14-15H2,1-5H3/t19-,23-/m0/s1. The average molecular weight is 398 g/mol. The molecule has 156 valence electrons. The van der Waals surface area contributed by atoms with Crippen molar-refractivity contribution >= 4 is 17.7 Å². The summed E-state index contributed by atoms with van der Waals surface area (Å²) in [6.07, 6.45) is 1.27. The number of nitrogens with zero attached hydrogens (tertiary/aromatic N) is 3. The Kier molecular flexibility index (Phi) is 5.62. The number of amides is 2. The van der Waals surface area contributed by atoms with Crippen LogP contribution in [0.5, 0.6) is 0 Å². The molecule has 1 aromatic carbocycles. The van der Waals surface area contributed by atoms with E-state index >= 15 is 0 Å². The van der Waals surface area contributed by atoms with E-state index in [1.165, 1.54) is 0 Å². The molecule has 1 aromatic rings. The highest BCUT2D eigenvalue weighted by Crippen LogP contribution is 2.52. The molecular weight excluding hydrogens is 366 g/mol. The van der Waals surface area contributed by atoms with Crippen molar-refractivity contribution in [1.82, 2.24) is 4.90 Å². The van der Waals surface area contributed by atoms with E-state index in [4.69, 9.17) is 10.00 Å². The molecule has 1 fully saturated rings. The third-order valence-corrected chi connectivity index (χ3v) is 5.82. The van der Waals surface area contributed by atoms with Gasteiger partial charge in [-0.2, -0.15) is 5.26 Å². The molecule has 1 spiro atoms. The highest BCUT2D eigenvalue weighted by molar-refractivity contribution is 6.09. The molecule has 6 heteroatoms. The van der Waals surface area contributed by atoms with Crippen LogP contribution in [0.15, 0.2) is 24.3 Å². The number of hydrogen-bond donors (Lipinski definition) is 0. The molecule has 2 heterocycles. The summed E-state index contributed by atoms with van der Waals surface area (Å²) in [6.45, 7) is 10.7. The van der Waals surface area contributed by atoms with Gasteiger partial charge in [0.1, 0.15) is 5.60 Å². The Balaban J connectivity index is 2.02. The summed E-state index contributed by atoms with van der Waals surface area (Å²) in [7, 11) is 0. The molecule has 2 aliphatic rings. The molecule has 29 heavy (non-hydrogen) atoms. The lowest BCUT2D eigenvalue weighted by Crippen LogP contribution is -2.54. The number of carbonyl (C=O) groups excluding carboxylic acids is 2. The van der Waals surface area contributed by atoms with Gasteiger partial charge in [-0.05, 0) is 51.2 Å². The molecule has 1 saturated heterocycles. The number of fused-ring (bicyclic) bond motifs is 2. The van der Waals surface area contributed by atoms with Crippen LogP contribution < -0.4 is 4.90 Å². The Morgan fingerprint density at radius 1 is 1.34 bits per heavy atom. The number of carbonyl (C=O) groups is 2. The van der Waals surface area contributed by atoms with E-state index in [1.807, 2.05) is 49.9 Å².